The normalized spacial score (nSPS) is 12.2. The Morgan fingerprint density at radius 2 is 1.75 bits per heavy atom. The molecule has 0 bridgehead atoms. The van der Waals surface area contributed by atoms with Gasteiger partial charge in [0.1, 0.15) is 0 Å². The highest BCUT2D eigenvalue weighted by molar-refractivity contribution is 7.91. The van der Waals surface area contributed by atoms with Crippen molar-refractivity contribution in [2.45, 2.75) is 24.1 Å². The molecule has 168 valence electrons. The molecule has 0 radical (unpaired) electrons. The lowest BCUT2D eigenvalue weighted by atomic mass is 10.1. The van der Waals surface area contributed by atoms with Crippen molar-refractivity contribution < 1.29 is 31.5 Å². The fraction of sp³-hybridized carbons (Fsp3) is 0.190. The minimum atomic E-state index is -4.76. The van der Waals surface area contributed by atoms with E-state index in [-0.39, 0.29) is 5.56 Å². The summed E-state index contributed by atoms with van der Waals surface area (Å²) in [7, 11) is -4.76. The molecule has 7 nitrogen and oxygen atoms in total. The predicted octanol–water partition coefficient (Wildman–Crippen LogP) is 3.19. The second-order valence-electron chi connectivity index (χ2n) is 6.71. The number of hydrogen-bond acceptors (Lipinski definition) is 6. The van der Waals surface area contributed by atoms with Crippen molar-refractivity contribution in [3.05, 3.63) is 81.6 Å². The lowest BCUT2D eigenvalue weighted by molar-refractivity contribution is -0.121. The molecule has 0 atom stereocenters. The zero-order valence-corrected chi connectivity index (χ0v) is 18.4. The van der Waals surface area contributed by atoms with E-state index < -0.39 is 39.0 Å². The molecule has 32 heavy (non-hydrogen) atoms. The third-order valence-electron chi connectivity index (χ3n) is 4.33. The fourth-order valence-corrected chi connectivity index (χ4v) is 4.10. The number of aryl methyl sites for hydroxylation is 1. The number of esters is 1. The van der Waals surface area contributed by atoms with Gasteiger partial charge < -0.3 is 9.30 Å². The number of carbonyl (C=O) groups excluding carboxylic acids is 2. The van der Waals surface area contributed by atoms with E-state index in [0.717, 1.165) is 35.4 Å². The molecule has 0 aliphatic rings. The SMILES string of the molecule is Cc1ccc(Cn2ccsc2=NC(=O)COC(=O)c2ccc(S(=O)(=O)C(F)F)cc2)cc1. The van der Waals surface area contributed by atoms with Gasteiger partial charge in [0, 0.05) is 18.1 Å². The minimum Gasteiger partial charge on any atom is -0.452 e. The molecule has 0 aliphatic carbocycles. The second-order valence-corrected chi connectivity index (χ2v) is 9.50. The third-order valence-corrected chi connectivity index (χ3v) is 6.53. The summed E-state index contributed by atoms with van der Waals surface area (Å²) in [6, 6.07) is 11.8. The van der Waals surface area contributed by atoms with Gasteiger partial charge in [0.15, 0.2) is 11.4 Å². The van der Waals surface area contributed by atoms with Crippen LogP contribution in [0, 0.1) is 6.92 Å². The van der Waals surface area contributed by atoms with Crippen LogP contribution in [0.2, 0.25) is 0 Å². The molecule has 0 N–H and O–H groups in total. The number of halogens is 2. The molecule has 1 amide bonds. The maximum absolute atomic E-state index is 12.6. The standard InChI is InChI=1S/C21H18F2N2O5S2/c1-14-2-4-15(5-3-14)12-25-10-11-31-21(25)24-18(26)13-30-19(27)16-6-8-17(9-7-16)32(28,29)20(22)23/h2-11,20H,12-13H2,1H3. The highest BCUT2D eigenvalue weighted by Crippen LogP contribution is 2.18. The Morgan fingerprint density at radius 1 is 1.09 bits per heavy atom. The Balaban J connectivity index is 1.63. The van der Waals surface area contributed by atoms with E-state index in [4.69, 9.17) is 4.74 Å². The van der Waals surface area contributed by atoms with Gasteiger partial charge in [-0.1, -0.05) is 29.8 Å². The van der Waals surface area contributed by atoms with E-state index in [9.17, 15) is 26.8 Å². The van der Waals surface area contributed by atoms with Gasteiger partial charge in [-0.2, -0.15) is 13.8 Å². The molecule has 1 heterocycles. The van der Waals surface area contributed by atoms with E-state index >= 15 is 0 Å². The number of aromatic nitrogens is 1. The number of hydrogen-bond donors (Lipinski definition) is 0. The molecule has 0 aliphatic heterocycles. The molecule has 2 aromatic carbocycles. The highest BCUT2D eigenvalue weighted by atomic mass is 32.2. The van der Waals surface area contributed by atoms with Gasteiger partial charge in [0.2, 0.25) is 9.84 Å². The van der Waals surface area contributed by atoms with Crippen LogP contribution in [-0.2, 0) is 25.9 Å². The second kappa shape index (κ2) is 9.96. The summed E-state index contributed by atoms with van der Waals surface area (Å²) in [5.74, 6) is -5.16. The van der Waals surface area contributed by atoms with Gasteiger partial charge in [-0.3, -0.25) is 4.79 Å². The van der Waals surface area contributed by atoms with Crippen LogP contribution in [0.4, 0.5) is 8.78 Å². The van der Waals surface area contributed by atoms with E-state index in [2.05, 4.69) is 4.99 Å². The summed E-state index contributed by atoms with van der Waals surface area (Å²) in [6.07, 6.45) is 1.79. The molecule has 0 fully saturated rings. The summed E-state index contributed by atoms with van der Waals surface area (Å²) < 4.78 is 54.6. The van der Waals surface area contributed by atoms with Crippen molar-refractivity contribution in [3.63, 3.8) is 0 Å². The summed E-state index contributed by atoms with van der Waals surface area (Å²) in [5, 5.41) is 1.78. The molecular formula is C21H18F2N2O5S2. The van der Waals surface area contributed by atoms with Gasteiger partial charge in [-0.05, 0) is 36.8 Å². The molecule has 3 aromatic rings. The number of nitrogens with zero attached hydrogens (tertiary/aromatic N) is 2. The van der Waals surface area contributed by atoms with Crippen molar-refractivity contribution in [1.82, 2.24) is 4.57 Å². The zero-order valence-electron chi connectivity index (χ0n) is 16.8. The van der Waals surface area contributed by atoms with Crippen LogP contribution in [-0.4, -0.2) is 37.2 Å². The maximum atomic E-state index is 12.6. The Bertz CT molecular complexity index is 1280. The van der Waals surface area contributed by atoms with Crippen molar-refractivity contribution in [3.8, 4) is 0 Å². The van der Waals surface area contributed by atoms with Crippen molar-refractivity contribution in [2.24, 2.45) is 4.99 Å². The largest absolute Gasteiger partial charge is 0.452 e. The first kappa shape index (κ1) is 23.5. The summed E-state index contributed by atoms with van der Waals surface area (Å²) in [5.41, 5.74) is 2.08. The molecule has 3 rings (SSSR count). The average Bonchev–Trinajstić information content (AvgIpc) is 3.20. The van der Waals surface area contributed by atoms with Crippen LogP contribution in [0.3, 0.4) is 0 Å². The monoisotopic (exact) mass is 480 g/mol. The number of alkyl halides is 2. The van der Waals surface area contributed by atoms with Crippen LogP contribution in [0.25, 0.3) is 0 Å². The lowest BCUT2D eigenvalue weighted by Crippen LogP contribution is -2.20. The van der Waals surface area contributed by atoms with Crippen LogP contribution in [0.1, 0.15) is 21.5 Å². The summed E-state index contributed by atoms with van der Waals surface area (Å²) in [4.78, 5) is 28.0. The van der Waals surface area contributed by atoms with Crippen LogP contribution < -0.4 is 4.80 Å². The number of benzene rings is 2. The lowest BCUT2D eigenvalue weighted by Gasteiger charge is -2.05. The van der Waals surface area contributed by atoms with Crippen molar-refractivity contribution in [2.75, 3.05) is 6.61 Å². The minimum absolute atomic E-state index is 0.0865. The molecule has 0 spiro atoms. The molecule has 0 saturated carbocycles. The number of sulfone groups is 1. The maximum Gasteiger partial charge on any atom is 0.341 e. The van der Waals surface area contributed by atoms with E-state index in [1.54, 1.807) is 16.1 Å². The predicted molar refractivity (Wildman–Crippen MR) is 113 cm³/mol. The van der Waals surface area contributed by atoms with Gasteiger partial charge in [0.05, 0.1) is 10.5 Å². The molecule has 0 unspecified atom stereocenters. The first-order valence-corrected chi connectivity index (χ1v) is 11.7. The van der Waals surface area contributed by atoms with Crippen molar-refractivity contribution >= 4 is 33.1 Å². The Labute approximate surface area is 186 Å². The highest BCUT2D eigenvalue weighted by Gasteiger charge is 2.26. The summed E-state index contributed by atoms with van der Waals surface area (Å²) >= 11 is 1.25. The van der Waals surface area contributed by atoms with Crippen LogP contribution >= 0.6 is 11.3 Å². The number of rotatable bonds is 7. The number of thiazole rings is 1. The quantitative estimate of drug-likeness (QED) is 0.484. The Hall–Kier alpha value is -3.18. The number of amides is 1. The topological polar surface area (TPSA) is 94.8 Å². The van der Waals surface area contributed by atoms with Gasteiger partial charge >= 0.3 is 11.7 Å². The first-order valence-electron chi connectivity index (χ1n) is 9.23. The fourth-order valence-electron chi connectivity index (χ4n) is 2.63. The smallest absolute Gasteiger partial charge is 0.341 e. The molecule has 1 aromatic heterocycles. The summed E-state index contributed by atoms with van der Waals surface area (Å²) in [6.45, 7) is 1.88. The third kappa shape index (κ3) is 5.74. The molecular weight excluding hydrogens is 462 g/mol. The average molecular weight is 481 g/mol. The van der Waals surface area contributed by atoms with Crippen LogP contribution in [0.5, 0.6) is 0 Å². The first-order chi connectivity index (χ1) is 15.2. The van der Waals surface area contributed by atoms with Crippen LogP contribution in [0.15, 0.2) is 70.0 Å². The van der Waals surface area contributed by atoms with Crippen molar-refractivity contribution in [1.29, 1.82) is 0 Å². The number of carbonyl (C=O) groups is 2. The van der Waals surface area contributed by atoms with Gasteiger partial charge in [-0.15, -0.1) is 11.3 Å². The Morgan fingerprint density at radius 3 is 2.38 bits per heavy atom. The van der Waals surface area contributed by atoms with Gasteiger partial charge in [0.25, 0.3) is 5.91 Å². The molecule has 0 saturated heterocycles. The molecule has 11 heteroatoms. The Kier molecular flexibility index (Phi) is 7.31. The van der Waals surface area contributed by atoms with Gasteiger partial charge in [-0.25, -0.2) is 13.2 Å². The van der Waals surface area contributed by atoms with E-state index in [0.29, 0.717) is 11.3 Å². The van der Waals surface area contributed by atoms with E-state index in [1.807, 2.05) is 31.2 Å². The van der Waals surface area contributed by atoms with E-state index in [1.165, 1.54) is 11.3 Å². The zero-order chi connectivity index (χ0) is 23.3. The number of ether oxygens (including phenoxy) is 1.